The van der Waals surface area contributed by atoms with E-state index in [1.54, 1.807) is 12.1 Å². The van der Waals surface area contributed by atoms with Crippen molar-refractivity contribution >= 4 is 28.9 Å². The number of ether oxygens (including phenoxy) is 1. The molecule has 21 heavy (non-hydrogen) atoms. The van der Waals surface area contributed by atoms with Gasteiger partial charge in [-0.2, -0.15) is 0 Å². The first-order valence-corrected chi connectivity index (χ1v) is 6.98. The molecule has 1 aliphatic rings. The Morgan fingerprint density at radius 3 is 2.52 bits per heavy atom. The molecule has 0 unspecified atom stereocenters. The van der Waals surface area contributed by atoms with Gasteiger partial charge in [-0.15, -0.1) is 0 Å². The lowest BCUT2D eigenvalue weighted by molar-refractivity contribution is -0.115. The number of hydrogen-bond acceptors (Lipinski definition) is 3. The van der Waals surface area contributed by atoms with E-state index in [0.29, 0.717) is 23.6 Å². The maximum absolute atomic E-state index is 11.4. The Morgan fingerprint density at radius 1 is 1.19 bits per heavy atom. The number of nitrogens with one attached hydrogen (secondary N) is 1. The van der Waals surface area contributed by atoms with Crippen LogP contribution in [0.25, 0.3) is 0 Å². The smallest absolute Gasteiger partial charge is 0.228 e. The summed E-state index contributed by atoms with van der Waals surface area (Å²) in [7, 11) is 0. The van der Waals surface area contributed by atoms with E-state index in [4.69, 9.17) is 22.1 Å². The Labute approximate surface area is 127 Å². The number of nitrogens with two attached hydrogens (primary N) is 1. The Hall–Kier alpha value is -2.20. The van der Waals surface area contributed by atoms with E-state index in [1.165, 1.54) is 0 Å². The number of nitrogen functional groups attached to an aromatic ring is 1. The highest BCUT2D eigenvalue weighted by molar-refractivity contribution is 6.32. The van der Waals surface area contributed by atoms with Gasteiger partial charge in [-0.05, 0) is 48.7 Å². The van der Waals surface area contributed by atoms with E-state index < -0.39 is 0 Å². The number of rotatable bonds is 2. The SMILES string of the molecule is Cc1cc(Oc2cc3c(cc2N)CC(=O)N3)cc(C)c1Cl. The fourth-order valence-electron chi connectivity index (χ4n) is 2.45. The van der Waals surface area contributed by atoms with Crippen LogP contribution in [0.15, 0.2) is 24.3 Å². The van der Waals surface area contributed by atoms with Crippen molar-refractivity contribution in [3.8, 4) is 11.5 Å². The highest BCUT2D eigenvalue weighted by Gasteiger charge is 2.20. The van der Waals surface area contributed by atoms with Crippen molar-refractivity contribution in [3.05, 3.63) is 46.0 Å². The molecule has 4 nitrogen and oxygen atoms in total. The molecule has 0 atom stereocenters. The fourth-order valence-corrected chi connectivity index (χ4v) is 2.56. The monoisotopic (exact) mass is 302 g/mol. The Kier molecular flexibility index (Phi) is 3.26. The van der Waals surface area contributed by atoms with Crippen molar-refractivity contribution in [2.45, 2.75) is 20.3 Å². The minimum absolute atomic E-state index is 0.0280. The molecule has 1 heterocycles. The third-order valence-corrected chi connectivity index (χ3v) is 4.09. The van der Waals surface area contributed by atoms with E-state index >= 15 is 0 Å². The van der Waals surface area contributed by atoms with Crippen LogP contribution in [0.1, 0.15) is 16.7 Å². The third kappa shape index (κ3) is 2.54. The molecule has 0 spiro atoms. The topological polar surface area (TPSA) is 64.3 Å². The van der Waals surface area contributed by atoms with Crippen LogP contribution in [0.2, 0.25) is 5.02 Å². The second-order valence-electron chi connectivity index (χ2n) is 5.25. The second-order valence-corrected chi connectivity index (χ2v) is 5.62. The molecule has 5 heteroatoms. The zero-order chi connectivity index (χ0) is 15.1. The molecule has 0 bridgehead atoms. The molecular weight excluding hydrogens is 288 g/mol. The molecule has 0 aliphatic carbocycles. The molecule has 3 N–H and O–H groups in total. The van der Waals surface area contributed by atoms with Gasteiger partial charge in [0.2, 0.25) is 5.91 Å². The number of halogens is 1. The van der Waals surface area contributed by atoms with Crippen LogP contribution < -0.4 is 15.8 Å². The number of anilines is 2. The molecule has 3 rings (SSSR count). The van der Waals surface area contributed by atoms with Gasteiger partial charge in [0, 0.05) is 16.8 Å². The van der Waals surface area contributed by atoms with Gasteiger partial charge >= 0.3 is 0 Å². The first kappa shape index (κ1) is 13.8. The lowest BCUT2D eigenvalue weighted by Gasteiger charge is -2.12. The summed E-state index contributed by atoms with van der Waals surface area (Å²) >= 11 is 6.15. The molecule has 2 aromatic carbocycles. The molecule has 108 valence electrons. The number of amides is 1. The number of benzene rings is 2. The Balaban J connectivity index is 1.96. The average Bonchev–Trinajstić information content (AvgIpc) is 2.75. The number of carbonyl (C=O) groups excluding carboxylic acids is 1. The highest BCUT2D eigenvalue weighted by Crippen LogP contribution is 2.36. The van der Waals surface area contributed by atoms with Crippen LogP contribution in [-0.4, -0.2) is 5.91 Å². The van der Waals surface area contributed by atoms with Gasteiger partial charge < -0.3 is 15.8 Å². The molecule has 0 fully saturated rings. The number of carbonyl (C=O) groups is 1. The summed E-state index contributed by atoms with van der Waals surface area (Å²) in [5.41, 5.74) is 10.1. The molecule has 0 saturated carbocycles. The predicted molar refractivity (Wildman–Crippen MR) is 84.2 cm³/mol. The molecule has 0 saturated heterocycles. The molecule has 1 aliphatic heterocycles. The van der Waals surface area contributed by atoms with Crippen molar-refractivity contribution in [1.82, 2.24) is 0 Å². The van der Waals surface area contributed by atoms with E-state index in [0.717, 1.165) is 27.4 Å². The molecule has 0 aromatic heterocycles. The van der Waals surface area contributed by atoms with Crippen LogP contribution in [0.5, 0.6) is 11.5 Å². The van der Waals surface area contributed by atoms with Gasteiger partial charge in [-0.3, -0.25) is 4.79 Å². The van der Waals surface area contributed by atoms with E-state index in [9.17, 15) is 4.79 Å². The summed E-state index contributed by atoms with van der Waals surface area (Å²) in [5, 5.41) is 3.52. The lowest BCUT2D eigenvalue weighted by Crippen LogP contribution is -2.03. The molecule has 1 amide bonds. The third-order valence-electron chi connectivity index (χ3n) is 3.50. The minimum atomic E-state index is -0.0280. The van der Waals surface area contributed by atoms with E-state index in [1.807, 2.05) is 26.0 Å². The maximum Gasteiger partial charge on any atom is 0.228 e. The van der Waals surface area contributed by atoms with Crippen molar-refractivity contribution in [1.29, 1.82) is 0 Å². The Bertz CT molecular complexity index is 733. The first-order chi connectivity index (χ1) is 9.94. The number of aryl methyl sites for hydroxylation is 2. The predicted octanol–water partition coefficient (Wildman–Crippen LogP) is 3.83. The van der Waals surface area contributed by atoms with E-state index in [-0.39, 0.29) is 5.91 Å². The Morgan fingerprint density at radius 2 is 1.86 bits per heavy atom. The second kappa shape index (κ2) is 4.97. The van der Waals surface area contributed by atoms with Gasteiger partial charge in [-0.25, -0.2) is 0 Å². The summed E-state index contributed by atoms with van der Waals surface area (Å²) in [4.78, 5) is 11.4. The summed E-state index contributed by atoms with van der Waals surface area (Å²) < 4.78 is 5.85. The van der Waals surface area contributed by atoms with Crippen molar-refractivity contribution < 1.29 is 9.53 Å². The van der Waals surface area contributed by atoms with Crippen molar-refractivity contribution in [2.24, 2.45) is 0 Å². The molecular formula is C16H15ClN2O2. The van der Waals surface area contributed by atoms with Gasteiger partial charge in [0.25, 0.3) is 0 Å². The minimum Gasteiger partial charge on any atom is -0.455 e. The number of fused-ring (bicyclic) bond motifs is 1. The quantitative estimate of drug-likeness (QED) is 0.829. The molecule has 2 aromatic rings. The molecule has 0 radical (unpaired) electrons. The summed E-state index contributed by atoms with van der Waals surface area (Å²) in [5.74, 6) is 1.17. The first-order valence-electron chi connectivity index (χ1n) is 6.61. The summed E-state index contributed by atoms with van der Waals surface area (Å²) in [6, 6.07) is 7.26. The van der Waals surface area contributed by atoms with Crippen molar-refractivity contribution in [2.75, 3.05) is 11.1 Å². The van der Waals surface area contributed by atoms with Crippen LogP contribution >= 0.6 is 11.6 Å². The zero-order valence-corrected chi connectivity index (χ0v) is 12.5. The number of hydrogen-bond donors (Lipinski definition) is 2. The standard InChI is InChI=1S/C16H15ClN2O2/c1-8-3-11(4-9(2)16(8)17)21-14-7-13-10(5-12(14)18)6-15(20)19-13/h3-5,7H,6,18H2,1-2H3,(H,19,20). The lowest BCUT2D eigenvalue weighted by atomic mass is 10.1. The zero-order valence-electron chi connectivity index (χ0n) is 11.8. The van der Waals surface area contributed by atoms with Crippen molar-refractivity contribution in [3.63, 3.8) is 0 Å². The normalized spacial score (nSPS) is 13.0. The van der Waals surface area contributed by atoms with Gasteiger partial charge in [0.15, 0.2) is 5.75 Å². The summed E-state index contributed by atoms with van der Waals surface area (Å²) in [6.07, 6.45) is 0.360. The summed E-state index contributed by atoms with van der Waals surface area (Å²) in [6.45, 7) is 3.85. The maximum atomic E-state index is 11.4. The van der Waals surface area contributed by atoms with Crippen LogP contribution in [-0.2, 0) is 11.2 Å². The van der Waals surface area contributed by atoms with Gasteiger partial charge in [-0.1, -0.05) is 11.6 Å². The average molecular weight is 303 g/mol. The van der Waals surface area contributed by atoms with E-state index in [2.05, 4.69) is 5.32 Å². The van der Waals surface area contributed by atoms with Crippen LogP contribution in [0, 0.1) is 13.8 Å². The van der Waals surface area contributed by atoms with Crippen LogP contribution in [0.4, 0.5) is 11.4 Å². The highest BCUT2D eigenvalue weighted by atomic mass is 35.5. The van der Waals surface area contributed by atoms with Crippen LogP contribution in [0.3, 0.4) is 0 Å². The fraction of sp³-hybridized carbons (Fsp3) is 0.188. The largest absolute Gasteiger partial charge is 0.455 e. The van der Waals surface area contributed by atoms with Gasteiger partial charge in [0.1, 0.15) is 5.75 Å². The van der Waals surface area contributed by atoms with Gasteiger partial charge in [0.05, 0.1) is 12.1 Å².